The first-order valence-electron chi connectivity index (χ1n) is 9.40. The number of imidazole rings is 1. The molecule has 3 aromatic carbocycles. The van der Waals surface area contributed by atoms with E-state index in [0.717, 1.165) is 34.0 Å². The van der Waals surface area contributed by atoms with Gasteiger partial charge in [-0.05, 0) is 48.4 Å². The van der Waals surface area contributed by atoms with Gasteiger partial charge in [0.05, 0.1) is 24.2 Å². The van der Waals surface area contributed by atoms with E-state index in [1.807, 2.05) is 24.3 Å². The summed E-state index contributed by atoms with van der Waals surface area (Å²) in [5.74, 6) is 1.70. The van der Waals surface area contributed by atoms with Crippen LogP contribution in [0.15, 0.2) is 78.9 Å². The highest BCUT2D eigenvalue weighted by molar-refractivity contribution is 5.85. The molecule has 0 amide bonds. The minimum Gasteiger partial charge on any atom is -0.497 e. The third-order valence-corrected chi connectivity index (χ3v) is 5.33. The Balaban J connectivity index is 1.73. The molecule has 0 radical (unpaired) electrons. The van der Waals surface area contributed by atoms with Gasteiger partial charge in [0.15, 0.2) is 0 Å². The lowest BCUT2D eigenvalue weighted by Gasteiger charge is -2.27. The minimum atomic E-state index is 0.0612. The van der Waals surface area contributed by atoms with Crippen molar-refractivity contribution < 1.29 is 4.74 Å². The number of nitrogens with zero attached hydrogens (tertiary/aromatic N) is 2. The largest absolute Gasteiger partial charge is 0.497 e. The molecule has 4 nitrogen and oxygen atoms in total. The molecule has 5 rings (SSSR count). The number of nitrogens with one attached hydrogen (secondary N) is 1. The Morgan fingerprint density at radius 1 is 0.964 bits per heavy atom. The van der Waals surface area contributed by atoms with Crippen molar-refractivity contribution in [3.63, 3.8) is 0 Å². The number of fused-ring (bicyclic) bond motifs is 3. The Labute approximate surface area is 164 Å². The molecule has 1 atom stereocenters. The average Bonchev–Trinajstić information content (AvgIpc) is 3.12. The molecule has 1 aliphatic heterocycles. The van der Waals surface area contributed by atoms with Gasteiger partial charge in [-0.2, -0.15) is 0 Å². The van der Waals surface area contributed by atoms with Crippen LogP contribution in [0.1, 0.15) is 22.7 Å². The highest BCUT2D eigenvalue weighted by Crippen LogP contribution is 2.38. The number of rotatable bonds is 3. The third kappa shape index (κ3) is 2.65. The van der Waals surface area contributed by atoms with Crippen molar-refractivity contribution in [2.45, 2.75) is 13.0 Å². The van der Waals surface area contributed by atoms with Gasteiger partial charge >= 0.3 is 0 Å². The summed E-state index contributed by atoms with van der Waals surface area (Å²) in [7, 11) is 1.69. The monoisotopic (exact) mass is 367 g/mol. The molecule has 0 fully saturated rings. The Morgan fingerprint density at radius 3 is 2.64 bits per heavy atom. The molecule has 1 N–H and O–H groups in total. The van der Waals surface area contributed by atoms with Crippen LogP contribution in [0.25, 0.3) is 16.7 Å². The zero-order valence-electron chi connectivity index (χ0n) is 15.9. The molecule has 1 aromatic heterocycles. The van der Waals surface area contributed by atoms with Gasteiger partial charge in [-0.1, -0.05) is 48.5 Å². The molecule has 0 unspecified atom stereocenters. The number of methoxy groups -OCH3 is 1. The number of anilines is 1. The topological polar surface area (TPSA) is 39.1 Å². The van der Waals surface area contributed by atoms with Crippen molar-refractivity contribution in [1.29, 1.82) is 0 Å². The fourth-order valence-electron chi connectivity index (χ4n) is 3.92. The summed E-state index contributed by atoms with van der Waals surface area (Å²) in [6.45, 7) is 2.16. The Bertz CT molecular complexity index is 1210. The first-order valence-corrected chi connectivity index (χ1v) is 9.40. The molecule has 28 heavy (non-hydrogen) atoms. The molecule has 4 aromatic rings. The average molecular weight is 367 g/mol. The number of ether oxygens (including phenoxy) is 1. The van der Waals surface area contributed by atoms with Crippen LogP contribution in [0.2, 0.25) is 0 Å². The molecule has 1 aliphatic rings. The van der Waals surface area contributed by atoms with E-state index < -0.39 is 0 Å². The van der Waals surface area contributed by atoms with Gasteiger partial charge < -0.3 is 10.1 Å². The van der Waals surface area contributed by atoms with Gasteiger partial charge in [-0.15, -0.1) is 0 Å². The van der Waals surface area contributed by atoms with Gasteiger partial charge in [-0.3, -0.25) is 4.57 Å². The number of hydrogen-bond acceptors (Lipinski definition) is 3. The van der Waals surface area contributed by atoms with E-state index in [0.29, 0.717) is 0 Å². The van der Waals surface area contributed by atoms with Crippen LogP contribution in [0.4, 0.5) is 5.95 Å². The number of benzene rings is 3. The molecular formula is C24H21N3O. The number of allylic oxidation sites excluding steroid dienone is 1. The van der Waals surface area contributed by atoms with E-state index in [4.69, 9.17) is 9.72 Å². The summed E-state index contributed by atoms with van der Waals surface area (Å²) >= 11 is 0. The first kappa shape index (κ1) is 16.6. The van der Waals surface area contributed by atoms with Crippen LogP contribution in [0, 0.1) is 6.92 Å². The second-order valence-electron chi connectivity index (χ2n) is 7.03. The molecular weight excluding hydrogens is 346 g/mol. The van der Waals surface area contributed by atoms with Crippen molar-refractivity contribution in [3.05, 3.63) is 95.6 Å². The maximum Gasteiger partial charge on any atom is 0.209 e. The maximum absolute atomic E-state index is 5.42. The summed E-state index contributed by atoms with van der Waals surface area (Å²) in [4.78, 5) is 4.86. The zero-order valence-corrected chi connectivity index (χ0v) is 15.9. The van der Waals surface area contributed by atoms with Crippen LogP contribution in [0.3, 0.4) is 0 Å². The maximum atomic E-state index is 5.42. The predicted octanol–water partition coefficient (Wildman–Crippen LogP) is 5.41. The van der Waals surface area contributed by atoms with Crippen molar-refractivity contribution >= 4 is 22.7 Å². The smallest absolute Gasteiger partial charge is 0.209 e. The van der Waals surface area contributed by atoms with Gasteiger partial charge in [-0.25, -0.2) is 4.98 Å². The SMILES string of the molecule is COc1cccc(C2=C[C@H](c3ccccc3C)n3c(nc4ccccc43)N2)c1. The molecule has 0 spiro atoms. The molecule has 138 valence electrons. The Morgan fingerprint density at radius 2 is 1.79 bits per heavy atom. The van der Waals surface area contributed by atoms with Crippen molar-refractivity contribution in [3.8, 4) is 5.75 Å². The highest BCUT2D eigenvalue weighted by atomic mass is 16.5. The van der Waals surface area contributed by atoms with Gasteiger partial charge in [0.1, 0.15) is 5.75 Å². The molecule has 0 saturated heterocycles. The molecule has 2 heterocycles. The minimum absolute atomic E-state index is 0.0612. The van der Waals surface area contributed by atoms with Crippen LogP contribution in [-0.4, -0.2) is 16.7 Å². The number of aromatic nitrogens is 2. The lowest BCUT2D eigenvalue weighted by Crippen LogP contribution is -2.19. The predicted molar refractivity (Wildman–Crippen MR) is 114 cm³/mol. The second-order valence-corrected chi connectivity index (χ2v) is 7.03. The molecule has 0 bridgehead atoms. The number of hydrogen-bond donors (Lipinski definition) is 1. The highest BCUT2D eigenvalue weighted by Gasteiger charge is 2.26. The fourth-order valence-corrected chi connectivity index (χ4v) is 3.92. The van der Waals surface area contributed by atoms with E-state index in [1.54, 1.807) is 7.11 Å². The van der Waals surface area contributed by atoms with Crippen molar-refractivity contribution in [2.75, 3.05) is 12.4 Å². The van der Waals surface area contributed by atoms with Crippen LogP contribution >= 0.6 is 0 Å². The molecule has 0 aliphatic carbocycles. The zero-order chi connectivity index (χ0) is 19.1. The van der Waals surface area contributed by atoms with E-state index in [1.165, 1.54) is 11.1 Å². The van der Waals surface area contributed by atoms with Gasteiger partial charge in [0.25, 0.3) is 0 Å². The number of aryl methyl sites for hydroxylation is 1. The summed E-state index contributed by atoms with van der Waals surface area (Å²) in [5.41, 5.74) is 6.77. The lowest BCUT2D eigenvalue weighted by atomic mass is 9.97. The summed E-state index contributed by atoms with van der Waals surface area (Å²) in [6.07, 6.45) is 2.28. The third-order valence-electron chi connectivity index (χ3n) is 5.33. The second kappa shape index (κ2) is 6.57. The summed E-state index contributed by atoms with van der Waals surface area (Å²) in [5, 5.41) is 3.53. The number of para-hydroxylation sites is 2. The molecule has 0 saturated carbocycles. The van der Waals surface area contributed by atoms with Crippen LogP contribution < -0.4 is 10.1 Å². The van der Waals surface area contributed by atoms with Crippen molar-refractivity contribution in [1.82, 2.24) is 9.55 Å². The van der Waals surface area contributed by atoms with Gasteiger partial charge in [0, 0.05) is 11.3 Å². The van der Waals surface area contributed by atoms with E-state index in [-0.39, 0.29) is 6.04 Å². The fraction of sp³-hybridized carbons (Fsp3) is 0.125. The first-order chi connectivity index (χ1) is 13.7. The van der Waals surface area contributed by atoms with E-state index in [9.17, 15) is 0 Å². The van der Waals surface area contributed by atoms with Crippen molar-refractivity contribution in [2.24, 2.45) is 0 Å². The van der Waals surface area contributed by atoms with Crippen LogP contribution in [-0.2, 0) is 0 Å². The molecule has 4 heteroatoms. The summed E-state index contributed by atoms with van der Waals surface area (Å²) < 4.78 is 7.70. The quantitative estimate of drug-likeness (QED) is 0.526. The lowest BCUT2D eigenvalue weighted by molar-refractivity contribution is 0.414. The van der Waals surface area contributed by atoms with E-state index in [2.05, 4.69) is 71.4 Å². The standard InChI is InChI=1S/C24H21N3O/c1-16-8-3-4-11-19(16)23-15-21(17-9-7-10-18(14-17)28-2)26-24-25-20-12-5-6-13-22(20)27(23)24/h3-15,23H,1-2H3,(H,25,26)/t23-/m1/s1. The normalized spacial score (nSPS) is 15.6. The Hall–Kier alpha value is -3.53. The van der Waals surface area contributed by atoms with Crippen LogP contribution in [0.5, 0.6) is 5.75 Å². The Kier molecular flexibility index (Phi) is 3.90. The van der Waals surface area contributed by atoms with Gasteiger partial charge in [0.2, 0.25) is 5.95 Å². The summed E-state index contributed by atoms with van der Waals surface area (Å²) in [6, 6.07) is 25.0. The van der Waals surface area contributed by atoms with E-state index >= 15 is 0 Å².